The first-order valence-electron chi connectivity index (χ1n) is 20.6. The molecule has 5 aromatic carbocycles. The number of aromatic hydroxyl groups is 1. The van der Waals surface area contributed by atoms with Crippen molar-refractivity contribution in [3.05, 3.63) is 148 Å². The number of carbonyl (C=O) groups is 4. The molecule has 5 aromatic rings. The second kappa shape index (κ2) is 16.5. The summed E-state index contributed by atoms with van der Waals surface area (Å²) in [6, 6.07) is 27.8. The molecule has 6 unspecified atom stereocenters. The molecule has 3 fully saturated rings. The highest BCUT2D eigenvalue weighted by Crippen LogP contribution is 2.65. The van der Waals surface area contributed by atoms with Crippen LogP contribution >= 0.6 is 11.6 Å². The van der Waals surface area contributed by atoms with Gasteiger partial charge in [0.1, 0.15) is 17.3 Å². The summed E-state index contributed by atoms with van der Waals surface area (Å²) in [5.74, 6) is -5.58. The number of hydrogen-bond acceptors (Lipinski definition) is 10. The van der Waals surface area contributed by atoms with E-state index in [9.17, 15) is 19.1 Å². The lowest BCUT2D eigenvalue weighted by atomic mass is 9.49. The van der Waals surface area contributed by atoms with E-state index in [-0.39, 0.29) is 36.0 Å². The number of nitrogens with one attached hydrogen (secondary N) is 1. The number of anilines is 2. The van der Waals surface area contributed by atoms with Gasteiger partial charge >= 0.3 is 0 Å². The Labute approximate surface area is 373 Å². The third-order valence-electron chi connectivity index (χ3n) is 13.1. The molecular formula is C50H43ClFN3O9. The summed E-state index contributed by atoms with van der Waals surface area (Å²) in [7, 11) is 5.96. The molecule has 12 nitrogen and oxygen atoms in total. The van der Waals surface area contributed by atoms with Crippen LogP contribution in [0.4, 0.5) is 15.8 Å². The average Bonchev–Trinajstić information content (AvgIpc) is 3.69. The van der Waals surface area contributed by atoms with E-state index in [4.69, 9.17) is 30.5 Å². The van der Waals surface area contributed by atoms with Crippen LogP contribution in [0.1, 0.15) is 41.0 Å². The molecule has 2 aliphatic carbocycles. The summed E-state index contributed by atoms with van der Waals surface area (Å²) < 4.78 is 36.2. The van der Waals surface area contributed by atoms with Crippen molar-refractivity contribution in [2.45, 2.75) is 24.2 Å². The molecule has 14 heteroatoms. The molecule has 2 saturated heterocycles. The maximum absolute atomic E-state index is 15.5. The van der Waals surface area contributed by atoms with Gasteiger partial charge in [0.2, 0.25) is 17.6 Å². The number of hydrazine groups is 1. The van der Waals surface area contributed by atoms with E-state index in [1.54, 1.807) is 62.8 Å². The van der Waals surface area contributed by atoms with E-state index in [2.05, 4.69) is 5.43 Å². The topological polar surface area (TPSA) is 144 Å². The Morgan fingerprint density at radius 1 is 0.750 bits per heavy atom. The first-order valence-corrected chi connectivity index (χ1v) is 21.0. The molecule has 4 amide bonds. The number of fused-ring (bicyclic) bond motifs is 4. The summed E-state index contributed by atoms with van der Waals surface area (Å²) in [5.41, 5.74) is 5.24. The number of methoxy groups -OCH3 is 4. The number of halogens is 2. The molecule has 0 radical (unpaired) electrons. The lowest BCUT2D eigenvalue weighted by Gasteiger charge is -2.50. The maximum Gasteiger partial charge on any atom is 0.260 e. The Balaban J connectivity index is 1.14. The molecule has 0 bridgehead atoms. The number of imide groups is 2. The molecule has 64 heavy (non-hydrogen) atoms. The van der Waals surface area contributed by atoms with E-state index in [0.717, 1.165) is 16.1 Å². The van der Waals surface area contributed by atoms with Crippen LogP contribution in [0.5, 0.6) is 28.7 Å². The van der Waals surface area contributed by atoms with Crippen molar-refractivity contribution in [2.75, 3.05) is 38.8 Å². The molecule has 2 N–H and O–H groups in total. The van der Waals surface area contributed by atoms with Crippen LogP contribution in [0.15, 0.2) is 115 Å². The molecule has 0 aromatic heterocycles. The van der Waals surface area contributed by atoms with E-state index in [0.29, 0.717) is 44.6 Å². The Morgan fingerprint density at radius 3 is 2.06 bits per heavy atom. The number of nitrogens with zero attached hydrogens (tertiary/aromatic N) is 2. The number of ether oxygens (including phenoxy) is 4. The van der Waals surface area contributed by atoms with Gasteiger partial charge in [0.15, 0.2) is 11.5 Å². The predicted molar refractivity (Wildman–Crippen MR) is 238 cm³/mol. The number of amides is 4. The Bertz CT molecular complexity index is 2730. The summed E-state index contributed by atoms with van der Waals surface area (Å²) in [5, 5.41) is 12.5. The van der Waals surface area contributed by atoms with Crippen LogP contribution in [-0.4, -0.2) is 62.2 Å². The first kappa shape index (κ1) is 42.2. The predicted octanol–water partition coefficient (Wildman–Crippen LogP) is 8.58. The summed E-state index contributed by atoms with van der Waals surface area (Å²) in [4.78, 5) is 61.2. The Kier molecular flexibility index (Phi) is 10.9. The fourth-order valence-corrected chi connectivity index (χ4v) is 10.4. The minimum atomic E-state index is -1.65. The lowest BCUT2D eigenvalue weighted by molar-refractivity contribution is -0.138. The molecule has 2 aliphatic heterocycles. The van der Waals surface area contributed by atoms with Gasteiger partial charge in [-0.1, -0.05) is 59.7 Å². The van der Waals surface area contributed by atoms with Gasteiger partial charge < -0.3 is 24.1 Å². The van der Waals surface area contributed by atoms with Crippen LogP contribution in [0.2, 0.25) is 5.02 Å². The van der Waals surface area contributed by atoms with Crippen molar-refractivity contribution in [1.29, 1.82) is 0 Å². The van der Waals surface area contributed by atoms with Crippen LogP contribution < -0.4 is 29.3 Å². The van der Waals surface area contributed by atoms with Gasteiger partial charge in [-0.2, -0.15) is 5.01 Å². The van der Waals surface area contributed by atoms with Gasteiger partial charge in [0, 0.05) is 16.5 Å². The highest BCUT2D eigenvalue weighted by Gasteiger charge is 2.70. The first-order chi connectivity index (χ1) is 30.9. The van der Waals surface area contributed by atoms with Crippen LogP contribution in [0.25, 0.3) is 12.2 Å². The lowest BCUT2D eigenvalue weighted by Crippen LogP contribution is -2.53. The summed E-state index contributed by atoms with van der Waals surface area (Å²) in [6.45, 7) is 0. The van der Waals surface area contributed by atoms with Crippen LogP contribution in [0.3, 0.4) is 0 Å². The zero-order chi connectivity index (χ0) is 45.0. The van der Waals surface area contributed by atoms with Crippen molar-refractivity contribution in [1.82, 2.24) is 5.01 Å². The third-order valence-corrected chi connectivity index (χ3v) is 13.4. The van der Waals surface area contributed by atoms with Crippen LogP contribution in [0, 0.1) is 29.5 Å². The van der Waals surface area contributed by atoms with Gasteiger partial charge in [-0.25, -0.2) is 4.39 Å². The Hall–Kier alpha value is -7.12. The van der Waals surface area contributed by atoms with Crippen molar-refractivity contribution >= 4 is 58.8 Å². The number of phenolic OH excluding ortho intramolecular Hbond substituents is 1. The number of allylic oxidation sites excluding steroid dienone is 2. The van der Waals surface area contributed by atoms with E-state index >= 15 is 9.59 Å². The molecule has 4 aliphatic rings. The third kappa shape index (κ3) is 6.73. The Morgan fingerprint density at radius 2 is 1.42 bits per heavy atom. The van der Waals surface area contributed by atoms with E-state index in [1.165, 1.54) is 43.4 Å². The monoisotopic (exact) mass is 883 g/mol. The van der Waals surface area contributed by atoms with Gasteiger partial charge in [0.25, 0.3) is 11.8 Å². The highest BCUT2D eigenvalue weighted by molar-refractivity contribution is 6.30. The van der Waals surface area contributed by atoms with Crippen molar-refractivity contribution in [3.8, 4) is 28.7 Å². The quantitative estimate of drug-likeness (QED) is 0.0752. The van der Waals surface area contributed by atoms with Crippen molar-refractivity contribution in [3.63, 3.8) is 0 Å². The molecule has 2 heterocycles. The molecule has 1 saturated carbocycles. The standard InChI is InChI=1S/C50H43ClFN3O9/c1-61-35-19-22-40(62-2)28(23-35)8-5-27-6-17-34(18-7-27)54-46(57)37-21-20-36-38(43(37)48(54)59)26-39-47(58)55(53-33-15-13-32(52)14-16-33)49(60)50(39,30-9-11-31(51)12-10-30)44(36)29-24-41(63-3)45(56)42(25-29)64-4/h5-20,22-25,37-39,43-44,53,56H,21,26H2,1-4H3. The molecule has 6 atom stereocenters. The second-order valence-electron chi connectivity index (χ2n) is 16.2. The SMILES string of the molecule is COc1ccc(OC)c(C=Cc2ccc(N3C(=O)C4CC=C5C(CC6C(=O)N(Nc7ccc(F)cc7)C(=O)C6(c6ccc(Cl)cc6)C5c5cc(OC)c(O)c(OC)c5)C4C3=O)cc2)c1. The van der Waals surface area contributed by atoms with Crippen molar-refractivity contribution in [2.24, 2.45) is 23.7 Å². The van der Waals surface area contributed by atoms with Gasteiger partial charge in [-0.3, -0.25) is 29.5 Å². The van der Waals surface area contributed by atoms with E-state index in [1.807, 2.05) is 48.6 Å². The molecule has 9 rings (SSSR count). The smallest absolute Gasteiger partial charge is 0.260 e. The highest BCUT2D eigenvalue weighted by atomic mass is 35.5. The molecule has 0 spiro atoms. The minimum absolute atomic E-state index is 0.0367. The van der Waals surface area contributed by atoms with Crippen LogP contribution in [-0.2, 0) is 24.6 Å². The zero-order valence-electron chi connectivity index (χ0n) is 35.2. The fraction of sp³-hybridized carbons (Fsp3) is 0.240. The minimum Gasteiger partial charge on any atom is -0.502 e. The number of rotatable bonds is 11. The number of carbonyl (C=O) groups excluding carboxylic acids is 4. The summed E-state index contributed by atoms with van der Waals surface area (Å²) >= 11 is 6.43. The largest absolute Gasteiger partial charge is 0.502 e. The van der Waals surface area contributed by atoms with Gasteiger partial charge in [-0.15, -0.1) is 0 Å². The van der Waals surface area contributed by atoms with Gasteiger partial charge in [0.05, 0.1) is 63.0 Å². The van der Waals surface area contributed by atoms with Gasteiger partial charge in [-0.05, 0) is 114 Å². The van der Waals surface area contributed by atoms with E-state index < -0.39 is 58.5 Å². The number of benzene rings is 5. The molecular weight excluding hydrogens is 841 g/mol. The second-order valence-corrected chi connectivity index (χ2v) is 16.6. The fourth-order valence-electron chi connectivity index (χ4n) is 10.3. The average molecular weight is 884 g/mol. The normalized spacial score (nSPS) is 23.7. The summed E-state index contributed by atoms with van der Waals surface area (Å²) in [6.07, 6.45) is 5.93. The zero-order valence-corrected chi connectivity index (χ0v) is 36.0. The molecule has 326 valence electrons. The van der Waals surface area contributed by atoms with Crippen molar-refractivity contribution < 1.29 is 47.6 Å². The maximum atomic E-state index is 15.5. The number of phenols is 1. The number of hydrogen-bond donors (Lipinski definition) is 2.